The molecule has 0 aromatic heterocycles. The van der Waals surface area contributed by atoms with E-state index in [0.29, 0.717) is 5.56 Å². The Morgan fingerprint density at radius 3 is 2.52 bits per heavy atom. The minimum absolute atomic E-state index is 0.00425. The molecule has 3 rings (SSSR count). The highest BCUT2D eigenvalue weighted by molar-refractivity contribution is 6.00. The average molecular weight is 412 g/mol. The van der Waals surface area contributed by atoms with Gasteiger partial charge in [0, 0.05) is 32.2 Å². The van der Waals surface area contributed by atoms with Crippen LogP contribution in [0, 0.1) is 17.6 Å². The maximum Gasteiger partial charge on any atom is 0.416 e. The number of carbonyl (C=O) groups is 2. The molecule has 0 bridgehead atoms. The minimum Gasteiger partial charge on any atom is -0.341 e. The summed E-state index contributed by atoms with van der Waals surface area (Å²) in [5.74, 6) is -3.63. The van der Waals surface area contributed by atoms with Gasteiger partial charge in [0.1, 0.15) is 0 Å². The third kappa shape index (κ3) is 4.55. The van der Waals surface area contributed by atoms with Crippen LogP contribution in [-0.4, -0.2) is 30.3 Å². The molecular weight excluding hydrogens is 395 g/mol. The Labute approximate surface area is 163 Å². The van der Waals surface area contributed by atoms with Crippen LogP contribution in [0.4, 0.5) is 27.6 Å². The van der Waals surface area contributed by atoms with Gasteiger partial charge in [-0.05, 0) is 35.9 Å². The summed E-state index contributed by atoms with van der Waals surface area (Å²) in [5.41, 5.74) is -0.435. The van der Waals surface area contributed by atoms with Crippen molar-refractivity contribution in [1.82, 2.24) is 4.90 Å². The van der Waals surface area contributed by atoms with Gasteiger partial charge in [-0.25, -0.2) is 8.78 Å². The summed E-state index contributed by atoms with van der Waals surface area (Å²) in [5, 5.41) is 0. The molecular formula is C20H17F5N2O2. The summed E-state index contributed by atoms with van der Waals surface area (Å²) in [4.78, 5) is 27.4. The Balaban J connectivity index is 1.70. The van der Waals surface area contributed by atoms with Crippen LogP contribution in [0.25, 0.3) is 0 Å². The molecule has 2 amide bonds. The van der Waals surface area contributed by atoms with Crippen molar-refractivity contribution in [2.75, 3.05) is 18.5 Å². The van der Waals surface area contributed by atoms with Gasteiger partial charge < -0.3 is 9.80 Å². The van der Waals surface area contributed by atoms with Crippen molar-refractivity contribution in [3.05, 3.63) is 65.2 Å². The van der Waals surface area contributed by atoms with Gasteiger partial charge in [-0.3, -0.25) is 9.59 Å². The summed E-state index contributed by atoms with van der Waals surface area (Å²) in [7, 11) is 1.46. The van der Waals surface area contributed by atoms with Gasteiger partial charge >= 0.3 is 6.18 Å². The molecule has 1 atom stereocenters. The van der Waals surface area contributed by atoms with E-state index in [1.165, 1.54) is 30.1 Å². The molecule has 0 radical (unpaired) electrons. The first kappa shape index (κ1) is 20.8. The molecule has 1 unspecified atom stereocenters. The molecule has 0 N–H and O–H groups in total. The first-order chi connectivity index (χ1) is 13.6. The van der Waals surface area contributed by atoms with Crippen molar-refractivity contribution < 1.29 is 31.5 Å². The second-order valence-electron chi connectivity index (χ2n) is 6.90. The third-order valence-electron chi connectivity index (χ3n) is 4.74. The van der Waals surface area contributed by atoms with Crippen molar-refractivity contribution in [2.45, 2.75) is 19.1 Å². The Morgan fingerprint density at radius 1 is 1.14 bits per heavy atom. The highest BCUT2D eigenvalue weighted by Gasteiger charge is 2.38. The van der Waals surface area contributed by atoms with Crippen LogP contribution in [0.2, 0.25) is 0 Å². The van der Waals surface area contributed by atoms with E-state index >= 15 is 0 Å². The number of carbonyl (C=O) groups excluding carboxylic acids is 2. The van der Waals surface area contributed by atoms with E-state index in [4.69, 9.17) is 0 Å². The highest BCUT2D eigenvalue weighted by Crippen LogP contribution is 2.33. The van der Waals surface area contributed by atoms with Crippen molar-refractivity contribution in [2.24, 2.45) is 5.92 Å². The average Bonchev–Trinajstić information content (AvgIpc) is 3.05. The second-order valence-corrected chi connectivity index (χ2v) is 6.90. The van der Waals surface area contributed by atoms with Crippen LogP contribution in [0.1, 0.15) is 17.5 Å². The van der Waals surface area contributed by atoms with E-state index in [2.05, 4.69) is 0 Å². The molecule has 29 heavy (non-hydrogen) atoms. The van der Waals surface area contributed by atoms with Crippen LogP contribution in [0.3, 0.4) is 0 Å². The Morgan fingerprint density at radius 2 is 1.86 bits per heavy atom. The van der Waals surface area contributed by atoms with Crippen LogP contribution in [0.5, 0.6) is 0 Å². The molecule has 1 fully saturated rings. The van der Waals surface area contributed by atoms with Crippen LogP contribution in [-0.2, 0) is 22.3 Å². The Bertz CT molecular complexity index is 945. The van der Waals surface area contributed by atoms with Gasteiger partial charge in [0.2, 0.25) is 11.8 Å². The first-order valence-electron chi connectivity index (χ1n) is 8.73. The second kappa shape index (κ2) is 7.81. The lowest BCUT2D eigenvalue weighted by Crippen LogP contribution is -2.34. The normalized spacial score (nSPS) is 17.0. The molecule has 2 aromatic carbocycles. The number of hydrogen-bond donors (Lipinski definition) is 0. The van der Waals surface area contributed by atoms with E-state index in [-0.39, 0.29) is 25.2 Å². The third-order valence-corrected chi connectivity index (χ3v) is 4.74. The monoisotopic (exact) mass is 412 g/mol. The lowest BCUT2D eigenvalue weighted by Gasteiger charge is -2.22. The zero-order valence-electron chi connectivity index (χ0n) is 15.3. The van der Waals surface area contributed by atoms with Crippen LogP contribution in [0.15, 0.2) is 42.5 Å². The predicted molar refractivity (Wildman–Crippen MR) is 94.7 cm³/mol. The molecule has 154 valence electrons. The molecule has 1 heterocycles. The summed E-state index contributed by atoms with van der Waals surface area (Å²) in [6.45, 7) is -0.0502. The van der Waals surface area contributed by atoms with E-state index in [9.17, 15) is 31.5 Å². The summed E-state index contributed by atoms with van der Waals surface area (Å²) >= 11 is 0. The Hall–Kier alpha value is -2.97. The Kier molecular flexibility index (Phi) is 5.59. The van der Waals surface area contributed by atoms with Gasteiger partial charge in [0.15, 0.2) is 11.6 Å². The fourth-order valence-corrected chi connectivity index (χ4v) is 3.27. The van der Waals surface area contributed by atoms with Gasteiger partial charge in [-0.2, -0.15) is 13.2 Å². The van der Waals surface area contributed by atoms with Crippen LogP contribution < -0.4 is 4.90 Å². The largest absolute Gasteiger partial charge is 0.416 e. The number of benzene rings is 2. The zero-order chi connectivity index (χ0) is 21.3. The summed E-state index contributed by atoms with van der Waals surface area (Å²) in [6, 6.07) is 7.64. The van der Waals surface area contributed by atoms with E-state index in [0.717, 1.165) is 29.2 Å². The fourth-order valence-electron chi connectivity index (χ4n) is 3.27. The number of nitrogens with zero attached hydrogens (tertiary/aromatic N) is 2. The first-order valence-corrected chi connectivity index (χ1v) is 8.73. The van der Waals surface area contributed by atoms with Crippen LogP contribution >= 0.6 is 0 Å². The van der Waals surface area contributed by atoms with Crippen molar-refractivity contribution >= 4 is 17.5 Å². The maximum absolute atomic E-state index is 13.3. The van der Waals surface area contributed by atoms with E-state index < -0.39 is 41.1 Å². The number of anilines is 1. The van der Waals surface area contributed by atoms with Gasteiger partial charge in [0.05, 0.1) is 11.5 Å². The number of amides is 2. The zero-order valence-corrected chi connectivity index (χ0v) is 15.3. The van der Waals surface area contributed by atoms with E-state index in [1.807, 2.05) is 0 Å². The summed E-state index contributed by atoms with van der Waals surface area (Å²) in [6.07, 6.45) is -4.68. The van der Waals surface area contributed by atoms with Gasteiger partial charge in [-0.1, -0.05) is 12.1 Å². The topological polar surface area (TPSA) is 40.6 Å². The molecule has 2 aromatic rings. The molecule has 0 spiro atoms. The number of alkyl halides is 3. The van der Waals surface area contributed by atoms with Crippen molar-refractivity contribution in [3.63, 3.8) is 0 Å². The molecule has 4 nitrogen and oxygen atoms in total. The quantitative estimate of drug-likeness (QED) is 0.713. The maximum atomic E-state index is 13.3. The SMILES string of the molecule is CN(Cc1ccc(F)c(F)c1)C(=O)C1CC(=O)N(c2cccc(C(F)(F)F)c2)C1. The van der Waals surface area contributed by atoms with E-state index in [1.54, 1.807) is 0 Å². The lowest BCUT2D eigenvalue weighted by molar-refractivity contribution is -0.137. The van der Waals surface area contributed by atoms with Gasteiger partial charge in [0.25, 0.3) is 0 Å². The molecule has 1 saturated heterocycles. The number of hydrogen-bond acceptors (Lipinski definition) is 2. The van der Waals surface area contributed by atoms with Crippen molar-refractivity contribution in [3.8, 4) is 0 Å². The fraction of sp³-hybridized carbons (Fsp3) is 0.300. The lowest BCUT2D eigenvalue weighted by atomic mass is 10.1. The molecule has 1 aliphatic heterocycles. The molecule has 0 saturated carbocycles. The standard InChI is InChI=1S/C20H17F5N2O2/c1-26(10-12-5-6-16(21)17(22)7-12)19(29)13-8-18(28)27(11-13)15-4-2-3-14(9-15)20(23,24)25/h2-7,9,13H,8,10-11H2,1H3. The minimum atomic E-state index is -4.54. The summed E-state index contributed by atoms with van der Waals surface area (Å²) < 4.78 is 65.1. The molecule has 0 aliphatic carbocycles. The number of halogens is 5. The van der Waals surface area contributed by atoms with Crippen molar-refractivity contribution in [1.29, 1.82) is 0 Å². The molecule has 9 heteroatoms. The van der Waals surface area contributed by atoms with Gasteiger partial charge in [-0.15, -0.1) is 0 Å². The smallest absolute Gasteiger partial charge is 0.341 e. The highest BCUT2D eigenvalue weighted by atomic mass is 19.4. The number of rotatable bonds is 4. The molecule has 1 aliphatic rings. The predicted octanol–water partition coefficient (Wildman–Crippen LogP) is 4.00.